The van der Waals surface area contributed by atoms with Gasteiger partial charge in [-0.25, -0.2) is 0 Å². The van der Waals surface area contributed by atoms with Crippen LogP contribution >= 0.6 is 0 Å². The van der Waals surface area contributed by atoms with Gasteiger partial charge in [-0.2, -0.15) is 0 Å². The van der Waals surface area contributed by atoms with E-state index in [0.29, 0.717) is 0 Å². The zero-order chi connectivity index (χ0) is 8.67. The Bertz CT molecular complexity index is 492. The molecule has 1 aliphatic rings. The van der Waals surface area contributed by atoms with Crippen LogP contribution in [0.3, 0.4) is 0 Å². The predicted octanol–water partition coefficient (Wildman–Crippen LogP) is 2.57. The third kappa shape index (κ3) is 0.903. The van der Waals surface area contributed by atoms with Crippen LogP contribution in [0, 0.1) is 6.07 Å². The lowest BCUT2D eigenvalue weighted by atomic mass is 9.98. The summed E-state index contributed by atoms with van der Waals surface area (Å²) in [4.78, 5) is 4.29. The van der Waals surface area contributed by atoms with E-state index in [1.807, 2.05) is 12.3 Å². The second-order valence-electron chi connectivity index (χ2n) is 3.24. The van der Waals surface area contributed by atoms with Gasteiger partial charge in [-0.1, -0.05) is 30.3 Å². The molecule has 1 heteroatoms. The molecule has 2 aromatic carbocycles. The third-order valence-corrected chi connectivity index (χ3v) is 2.43. The molecule has 1 nitrogen and oxygen atoms in total. The SMILES string of the molecule is [c]1ccc2cccc3c2c1CN=C3. The largest absolute Gasteiger partial charge is 0.288 e. The molecule has 1 radical (unpaired) electrons. The van der Waals surface area contributed by atoms with E-state index in [9.17, 15) is 0 Å². The summed E-state index contributed by atoms with van der Waals surface area (Å²) in [5.41, 5.74) is 2.44. The molecule has 0 fully saturated rings. The van der Waals surface area contributed by atoms with Gasteiger partial charge in [0.05, 0.1) is 6.54 Å². The molecule has 0 aliphatic carbocycles. The van der Waals surface area contributed by atoms with Crippen molar-refractivity contribution in [1.29, 1.82) is 0 Å². The molecule has 3 rings (SSSR count). The summed E-state index contributed by atoms with van der Waals surface area (Å²) >= 11 is 0. The predicted molar refractivity (Wildman–Crippen MR) is 54.1 cm³/mol. The van der Waals surface area contributed by atoms with Crippen molar-refractivity contribution >= 4 is 17.0 Å². The summed E-state index contributed by atoms with van der Waals surface area (Å²) in [6.07, 6.45) is 1.95. The van der Waals surface area contributed by atoms with E-state index in [2.05, 4.69) is 35.3 Å². The summed E-state index contributed by atoms with van der Waals surface area (Å²) in [5.74, 6) is 0. The fourth-order valence-electron chi connectivity index (χ4n) is 1.85. The van der Waals surface area contributed by atoms with Crippen LogP contribution in [0.1, 0.15) is 11.1 Å². The highest BCUT2D eigenvalue weighted by atomic mass is 14.7. The molecule has 0 saturated heterocycles. The van der Waals surface area contributed by atoms with Crippen LogP contribution in [0.2, 0.25) is 0 Å². The van der Waals surface area contributed by atoms with Crippen molar-refractivity contribution in [2.24, 2.45) is 4.99 Å². The van der Waals surface area contributed by atoms with Crippen molar-refractivity contribution in [1.82, 2.24) is 0 Å². The monoisotopic (exact) mass is 166 g/mol. The highest BCUT2D eigenvalue weighted by Crippen LogP contribution is 2.24. The standard InChI is InChI=1S/C12H8N/c1-3-9-4-2-6-11-8-13-7-10(5-1)12(9)11/h1-5,7H,8H2. The van der Waals surface area contributed by atoms with Crippen LogP contribution < -0.4 is 0 Å². The number of hydrogen-bond donors (Lipinski definition) is 0. The number of hydrogen-bond acceptors (Lipinski definition) is 1. The quantitative estimate of drug-likeness (QED) is 0.570. The summed E-state index contributed by atoms with van der Waals surface area (Å²) < 4.78 is 0. The fourth-order valence-corrected chi connectivity index (χ4v) is 1.85. The minimum atomic E-state index is 0.772. The highest BCUT2D eigenvalue weighted by Gasteiger charge is 2.07. The molecular weight excluding hydrogens is 158 g/mol. The van der Waals surface area contributed by atoms with E-state index in [1.54, 1.807) is 0 Å². The number of benzene rings is 2. The van der Waals surface area contributed by atoms with Crippen molar-refractivity contribution < 1.29 is 0 Å². The van der Waals surface area contributed by atoms with Gasteiger partial charge in [-0.05, 0) is 22.4 Å². The maximum absolute atomic E-state index is 4.29. The topological polar surface area (TPSA) is 12.4 Å². The molecule has 61 valence electrons. The van der Waals surface area contributed by atoms with E-state index in [4.69, 9.17) is 0 Å². The van der Waals surface area contributed by atoms with Crippen LogP contribution in [0.4, 0.5) is 0 Å². The molecule has 0 atom stereocenters. The average Bonchev–Trinajstić information content (AvgIpc) is 2.19. The van der Waals surface area contributed by atoms with Crippen LogP contribution in [-0.2, 0) is 6.54 Å². The van der Waals surface area contributed by atoms with Crippen molar-refractivity contribution in [3.8, 4) is 0 Å². The van der Waals surface area contributed by atoms with E-state index in [0.717, 1.165) is 6.54 Å². The van der Waals surface area contributed by atoms with Crippen molar-refractivity contribution in [3.05, 3.63) is 47.5 Å². The van der Waals surface area contributed by atoms with Crippen LogP contribution in [-0.4, -0.2) is 6.21 Å². The summed E-state index contributed by atoms with van der Waals surface area (Å²) in [6, 6.07) is 13.6. The number of aliphatic imine (C=N–C) groups is 1. The second-order valence-corrected chi connectivity index (χ2v) is 3.24. The second kappa shape index (κ2) is 2.43. The summed E-state index contributed by atoms with van der Waals surface area (Å²) in [7, 11) is 0. The van der Waals surface area contributed by atoms with Crippen molar-refractivity contribution in [3.63, 3.8) is 0 Å². The van der Waals surface area contributed by atoms with Crippen LogP contribution in [0.15, 0.2) is 35.3 Å². The Morgan fingerprint density at radius 2 is 2.23 bits per heavy atom. The van der Waals surface area contributed by atoms with E-state index in [-0.39, 0.29) is 0 Å². The Morgan fingerprint density at radius 3 is 3.23 bits per heavy atom. The van der Waals surface area contributed by atoms with Gasteiger partial charge in [0.15, 0.2) is 0 Å². The average molecular weight is 166 g/mol. The molecule has 2 aromatic rings. The first-order valence-corrected chi connectivity index (χ1v) is 4.37. The molecule has 0 spiro atoms. The Balaban J connectivity index is 2.56. The molecule has 0 saturated carbocycles. The Morgan fingerprint density at radius 1 is 1.23 bits per heavy atom. The molecule has 0 aromatic heterocycles. The lowest BCUT2D eigenvalue weighted by molar-refractivity contribution is 1.08. The van der Waals surface area contributed by atoms with Gasteiger partial charge in [-0.3, -0.25) is 4.99 Å². The zero-order valence-electron chi connectivity index (χ0n) is 7.12. The Kier molecular flexibility index (Phi) is 1.28. The van der Waals surface area contributed by atoms with Crippen molar-refractivity contribution in [2.45, 2.75) is 6.54 Å². The number of nitrogens with zero attached hydrogens (tertiary/aromatic N) is 1. The maximum atomic E-state index is 4.29. The first kappa shape index (κ1) is 6.84. The molecule has 0 bridgehead atoms. The van der Waals surface area contributed by atoms with Gasteiger partial charge in [0.1, 0.15) is 0 Å². The van der Waals surface area contributed by atoms with Gasteiger partial charge in [0, 0.05) is 11.8 Å². The molecule has 1 heterocycles. The summed E-state index contributed by atoms with van der Waals surface area (Å²) in [5, 5.41) is 2.61. The maximum Gasteiger partial charge on any atom is 0.0652 e. The Hall–Kier alpha value is -1.63. The first-order valence-electron chi connectivity index (χ1n) is 4.37. The number of rotatable bonds is 0. The van der Waals surface area contributed by atoms with Gasteiger partial charge >= 0.3 is 0 Å². The van der Waals surface area contributed by atoms with Gasteiger partial charge in [-0.15, -0.1) is 0 Å². The van der Waals surface area contributed by atoms with E-state index >= 15 is 0 Å². The Labute approximate surface area is 76.7 Å². The molecule has 0 amide bonds. The molecule has 13 heavy (non-hydrogen) atoms. The van der Waals surface area contributed by atoms with Gasteiger partial charge in [0.2, 0.25) is 0 Å². The minimum absolute atomic E-state index is 0.772. The molecular formula is C12H8N. The molecule has 0 N–H and O–H groups in total. The van der Waals surface area contributed by atoms with Gasteiger partial charge in [0.25, 0.3) is 0 Å². The van der Waals surface area contributed by atoms with E-state index < -0.39 is 0 Å². The molecule has 1 aliphatic heterocycles. The van der Waals surface area contributed by atoms with Crippen LogP contribution in [0.25, 0.3) is 10.8 Å². The molecule has 0 unspecified atom stereocenters. The zero-order valence-corrected chi connectivity index (χ0v) is 7.12. The summed E-state index contributed by atoms with van der Waals surface area (Å²) in [6.45, 7) is 0.772. The van der Waals surface area contributed by atoms with E-state index in [1.165, 1.54) is 21.9 Å². The smallest absolute Gasteiger partial charge is 0.0652 e. The van der Waals surface area contributed by atoms with Gasteiger partial charge < -0.3 is 0 Å². The van der Waals surface area contributed by atoms with Crippen LogP contribution in [0.5, 0.6) is 0 Å². The lowest BCUT2D eigenvalue weighted by Crippen LogP contribution is -1.96. The highest BCUT2D eigenvalue weighted by molar-refractivity contribution is 6.02. The minimum Gasteiger partial charge on any atom is -0.288 e. The first-order chi connectivity index (χ1) is 6.45. The third-order valence-electron chi connectivity index (χ3n) is 2.43. The normalized spacial score (nSPS) is 13.5. The lowest BCUT2D eigenvalue weighted by Gasteiger charge is -2.10. The fraction of sp³-hybridized carbons (Fsp3) is 0.0833. The van der Waals surface area contributed by atoms with Crippen molar-refractivity contribution in [2.75, 3.05) is 0 Å².